The fourth-order valence-corrected chi connectivity index (χ4v) is 3.06. The van der Waals surface area contributed by atoms with Crippen molar-refractivity contribution in [1.82, 2.24) is 5.32 Å². The van der Waals surface area contributed by atoms with Gasteiger partial charge in [-0.15, -0.1) is 0 Å². The summed E-state index contributed by atoms with van der Waals surface area (Å²) in [6.45, 7) is 0.925. The first-order chi connectivity index (χ1) is 15.3. The van der Waals surface area contributed by atoms with Gasteiger partial charge in [-0.25, -0.2) is 9.79 Å². The SMILES string of the molecule is COC(=O)c1cccc(NC(=NC[C@H]2CCCO2)NC(=O)c2ccc(C(F)(F)F)cc2)c1. The molecular formula is C22H22F3N3O4. The van der Waals surface area contributed by atoms with Crippen molar-refractivity contribution in [1.29, 1.82) is 0 Å². The second-order valence-electron chi connectivity index (χ2n) is 7.05. The molecule has 7 nitrogen and oxygen atoms in total. The monoisotopic (exact) mass is 449 g/mol. The zero-order chi connectivity index (χ0) is 23.1. The normalized spacial score (nSPS) is 16.5. The van der Waals surface area contributed by atoms with Gasteiger partial charge in [0.1, 0.15) is 0 Å². The largest absolute Gasteiger partial charge is 0.465 e. The third-order valence-electron chi connectivity index (χ3n) is 4.73. The first-order valence-electron chi connectivity index (χ1n) is 9.86. The van der Waals surface area contributed by atoms with E-state index in [0.29, 0.717) is 17.9 Å². The predicted molar refractivity (Wildman–Crippen MR) is 112 cm³/mol. The predicted octanol–water partition coefficient (Wildman–Crippen LogP) is 3.87. The molecule has 0 radical (unpaired) electrons. The highest BCUT2D eigenvalue weighted by atomic mass is 19.4. The van der Waals surface area contributed by atoms with Crippen LogP contribution in [0.1, 0.15) is 39.1 Å². The van der Waals surface area contributed by atoms with Crippen molar-refractivity contribution in [3.05, 3.63) is 65.2 Å². The molecule has 0 aliphatic carbocycles. The summed E-state index contributed by atoms with van der Waals surface area (Å²) in [7, 11) is 1.27. The van der Waals surface area contributed by atoms with E-state index in [0.717, 1.165) is 37.1 Å². The van der Waals surface area contributed by atoms with Gasteiger partial charge in [-0.3, -0.25) is 10.1 Å². The summed E-state index contributed by atoms with van der Waals surface area (Å²) in [6, 6.07) is 10.2. The van der Waals surface area contributed by atoms with E-state index in [1.807, 2.05) is 0 Å². The number of anilines is 1. The number of benzene rings is 2. The zero-order valence-electron chi connectivity index (χ0n) is 17.2. The number of halogens is 3. The number of nitrogens with zero attached hydrogens (tertiary/aromatic N) is 1. The van der Waals surface area contributed by atoms with E-state index in [9.17, 15) is 22.8 Å². The molecular weight excluding hydrogens is 427 g/mol. The molecule has 0 bridgehead atoms. The number of hydrogen-bond donors (Lipinski definition) is 2. The molecule has 2 aromatic carbocycles. The number of ether oxygens (including phenoxy) is 2. The summed E-state index contributed by atoms with van der Waals surface area (Å²) in [6.07, 6.45) is -2.82. The van der Waals surface area contributed by atoms with Gasteiger partial charge in [-0.05, 0) is 55.3 Å². The number of aliphatic imine (C=N–C) groups is 1. The fraction of sp³-hybridized carbons (Fsp3) is 0.318. The summed E-state index contributed by atoms with van der Waals surface area (Å²) < 4.78 is 48.5. The number of carbonyl (C=O) groups is 2. The van der Waals surface area contributed by atoms with Crippen molar-refractivity contribution in [3.8, 4) is 0 Å². The third-order valence-corrected chi connectivity index (χ3v) is 4.73. The smallest absolute Gasteiger partial charge is 0.416 e. The van der Waals surface area contributed by atoms with Crippen LogP contribution in [0.5, 0.6) is 0 Å². The van der Waals surface area contributed by atoms with Crippen LogP contribution >= 0.6 is 0 Å². The molecule has 2 N–H and O–H groups in total. The van der Waals surface area contributed by atoms with Crippen LogP contribution < -0.4 is 10.6 Å². The summed E-state index contributed by atoms with van der Waals surface area (Å²) in [4.78, 5) is 28.7. The number of amides is 1. The number of guanidine groups is 1. The highest BCUT2D eigenvalue weighted by molar-refractivity contribution is 6.10. The Kier molecular flexibility index (Phi) is 7.47. The van der Waals surface area contributed by atoms with Crippen molar-refractivity contribution < 1.29 is 32.2 Å². The third kappa shape index (κ3) is 6.30. The summed E-state index contributed by atoms with van der Waals surface area (Å²) in [5.74, 6) is -1.09. The molecule has 2 aromatic rings. The Labute approximate surface area is 182 Å². The quantitative estimate of drug-likeness (QED) is 0.411. The minimum Gasteiger partial charge on any atom is -0.465 e. The van der Waals surface area contributed by atoms with Gasteiger partial charge in [0.05, 0.1) is 30.9 Å². The standard InChI is InChI=1S/C22H22F3N3O4/c1-31-20(30)15-4-2-5-17(12-15)27-21(26-13-18-6-3-11-32-18)28-19(29)14-7-9-16(10-8-14)22(23,24)25/h2,4-5,7-10,12,18H,3,6,11,13H2,1H3,(H2,26,27,28,29)/t18-/m1/s1. The maximum Gasteiger partial charge on any atom is 0.416 e. The lowest BCUT2D eigenvalue weighted by Gasteiger charge is -2.14. The van der Waals surface area contributed by atoms with Crippen LogP contribution in [-0.2, 0) is 15.7 Å². The molecule has 0 aromatic heterocycles. The van der Waals surface area contributed by atoms with E-state index >= 15 is 0 Å². The molecule has 1 fully saturated rings. The number of alkyl halides is 3. The molecule has 1 heterocycles. The average Bonchev–Trinajstić information content (AvgIpc) is 3.30. The Hall–Kier alpha value is -3.40. The Morgan fingerprint density at radius 1 is 1.16 bits per heavy atom. The Balaban J connectivity index is 1.77. The molecule has 1 aliphatic heterocycles. The van der Waals surface area contributed by atoms with Crippen LogP contribution in [0, 0.1) is 0 Å². The van der Waals surface area contributed by atoms with E-state index in [1.54, 1.807) is 18.2 Å². The molecule has 0 spiro atoms. The molecule has 1 aliphatic rings. The molecule has 10 heteroatoms. The number of hydrogen-bond acceptors (Lipinski definition) is 5. The van der Waals surface area contributed by atoms with Crippen molar-refractivity contribution >= 4 is 23.5 Å². The number of carbonyl (C=O) groups excluding carboxylic acids is 2. The van der Waals surface area contributed by atoms with Gasteiger partial charge in [-0.2, -0.15) is 13.2 Å². The van der Waals surface area contributed by atoms with Gasteiger partial charge < -0.3 is 14.8 Å². The van der Waals surface area contributed by atoms with Crippen LogP contribution in [-0.4, -0.2) is 44.2 Å². The minimum absolute atomic E-state index is 0.0351. The fourth-order valence-electron chi connectivity index (χ4n) is 3.06. The highest BCUT2D eigenvalue weighted by Gasteiger charge is 2.30. The second-order valence-corrected chi connectivity index (χ2v) is 7.05. The van der Waals surface area contributed by atoms with E-state index in [1.165, 1.54) is 13.2 Å². The molecule has 1 atom stereocenters. The average molecular weight is 449 g/mol. The minimum atomic E-state index is -4.49. The van der Waals surface area contributed by atoms with E-state index in [4.69, 9.17) is 9.47 Å². The van der Waals surface area contributed by atoms with Crippen LogP contribution in [0.25, 0.3) is 0 Å². The molecule has 3 rings (SSSR count). The van der Waals surface area contributed by atoms with Crippen LogP contribution in [0.4, 0.5) is 18.9 Å². The van der Waals surface area contributed by atoms with Crippen molar-refractivity contribution in [2.45, 2.75) is 25.1 Å². The van der Waals surface area contributed by atoms with Gasteiger partial charge in [0, 0.05) is 17.9 Å². The van der Waals surface area contributed by atoms with Crippen molar-refractivity contribution in [2.24, 2.45) is 4.99 Å². The van der Waals surface area contributed by atoms with Gasteiger partial charge in [0.2, 0.25) is 5.96 Å². The Morgan fingerprint density at radius 3 is 2.53 bits per heavy atom. The molecule has 0 saturated carbocycles. The summed E-state index contributed by atoms with van der Waals surface area (Å²) in [5.41, 5.74) is -0.0521. The first kappa shape index (κ1) is 23.3. The van der Waals surface area contributed by atoms with Crippen LogP contribution in [0.2, 0.25) is 0 Å². The van der Waals surface area contributed by atoms with Crippen LogP contribution in [0.3, 0.4) is 0 Å². The lowest BCUT2D eigenvalue weighted by atomic mass is 10.1. The first-order valence-corrected chi connectivity index (χ1v) is 9.86. The zero-order valence-corrected chi connectivity index (χ0v) is 17.2. The van der Waals surface area contributed by atoms with Crippen molar-refractivity contribution in [3.63, 3.8) is 0 Å². The molecule has 1 amide bonds. The molecule has 32 heavy (non-hydrogen) atoms. The summed E-state index contributed by atoms with van der Waals surface area (Å²) >= 11 is 0. The van der Waals surface area contributed by atoms with Gasteiger partial charge in [0.15, 0.2) is 0 Å². The lowest BCUT2D eigenvalue weighted by Crippen LogP contribution is -2.36. The number of methoxy groups -OCH3 is 1. The van der Waals surface area contributed by atoms with E-state index in [2.05, 4.69) is 15.6 Å². The van der Waals surface area contributed by atoms with E-state index in [-0.39, 0.29) is 24.2 Å². The Morgan fingerprint density at radius 2 is 1.91 bits per heavy atom. The number of esters is 1. The van der Waals surface area contributed by atoms with Crippen LogP contribution in [0.15, 0.2) is 53.5 Å². The number of nitrogens with one attached hydrogen (secondary N) is 2. The second kappa shape index (κ2) is 10.3. The van der Waals surface area contributed by atoms with Crippen molar-refractivity contribution in [2.75, 3.05) is 25.6 Å². The van der Waals surface area contributed by atoms with Gasteiger partial charge in [0.25, 0.3) is 5.91 Å². The molecule has 170 valence electrons. The van der Waals surface area contributed by atoms with Gasteiger partial charge >= 0.3 is 12.1 Å². The maximum absolute atomic E-state index is 12.8. The molecule has 0 unspecified atom stereocenters. The molecule has 1 saturated heterocycles. The summed E-state index contributed by atoms with van der Waals surface area (Å²) in [5, 5.41) is 5.51. The van der Waals surface area contributed by atoms with E-state index < -0.39 is 23.6 Å². The maximum atomic E-state index is 12.8. The lowest BCUT2D eigenvalue weighted by molar-refractivity contribution is -0.137. The highest BCUT2D eigenvalue weighted by Crippen LogP contribution is 2.29. The topological polar surface area (TPSA) is 89.0 Å². The number of rotatable bonds is 5. The Bertz CT molecular complexity index is 985. The van der Waals surface area contributed by atoms with Gasteiger partial charge in [-0.1, -0.05) is 6.07 Å².